The van der Waals surface area contributed by atoms with Crippen molar-refractivity contribution < 1.29 is 33.3 Å². The third kappa shape index (κ3) is 6.72. The number of aromatic amines is 1. The van der Waals surface area contributed by atoms with Crippen LogP contribution in [0.15, 0.2) is 75.8 Å². The summed E-state index contributed by atoms with van der Waals surface area (Å²) in [5.41, 5.74) is 3.32. The molecule has 2 aromatic carbocycles. The maximum atomic E-state index is 14.0. The normalized spacial score (nSPS) is 20.9. The number of aliphatic hydroxyl groups excluding tert-OH is 1. The van der Waals surface area contributed by atoms with Crippen LogP contribution in [0.2, 0.25) is 0 Å². The number of fused-ring (bicyclic) bond motifs is 2. The smallest absolute Gasteiger partial charge is 0.326 e. The van der Waals surface area contributed by atoms with E-state index in [4.69, 9.17) is 28.5 Å². The molecule has 11 heteroatoms. The maximum Gasteiger partial charge on any atom is 0.326 e. The van der Waals surface area contributed by atoms with Gasteiger partial charge in [0.2, 0.25) is 6.29 Å². The molecule has 0 aliphatic carbocycles. The summed E-state index contributed by atoms with van der Waals surface area (Å²) in [7, 11) is 0. The topological polar surface area (TPSA) is 128 Å². The van der Waals surface area contributed by atoms with Crippen LogP contribution in [0.3, 0.4) is 0 Å². The molecule has 4 aromatic rings. The number of hydrogen-bond donors (Lipinski definition) is 2. The van der Waals surface area contributed by atoms with E-state index in [9.17, 15) is 9.59 Å². The van der Waals surface area contributed by atoms with Crippen molar-refractivity contribution in [3.05, 3.63) is 82.7 Å². The van der Waals surface area contributed by atoms with Crippen LogP contribution in [-0.4, -0.2) is 84.5 Å². The number of ether oxygens (including phenoxy) is 4. The van der Waals surface area contributed by atoms with Crippen molar-refractivity contribution in [3.63, 3.8) is 0 Å². The molecular formula is C34H41N3O8. The van der Waals surface area contributed by atoms with Crippen LogP contribution in [0, 0.1) is 5.92 Å². The minimum Gasteiger partial charge on any atom is -0.464 e. The second kappa shape index (κ2) is 14.5. The van der Waals surface area contributed by atoms with E-state index in [2.05, 4.69) is 4.98 Å². The van der Waals surface area contributed by atoms with Crippen LogP contribution in [0.1, 0.15) is 43.7 Å². The van der Waals surface area contributed by atoms with Gasteiger partial charge in [-0.2, -0.15) is 0 Å². The van der Waals surface area contributed by atoms with Gasteiger partial charge in [-0.25, -0.2) is 4.79 Å². The predicted octanol–water partition coefficient (Wildman–Crippen LogP) is 4.33. The molecule has 2 aliphatic heterocycles. The van der Waals surface area contributed by atoms with E-state index in [1.54, 1.807) is 6.26 Å². The van der Waals surface area contributed by atoms with Gasteiger partial charge in [0.15, 0.2) is 5.76 Å². The first kappa shape index (κ1) is 31.1. The van der Waals surface area contributed by atoms with Gasteiger partial charge < -0.3 is 38.4 Å². The SMILES string of the molecule is CCO[C@H]1OC(C(=O)N2CCC(n3c(=O)[nH]c4ccccc43)CC2)=C[C@@H](c2coc3ccccc23)[C@H]1CCOCCOCCO. The summed E-state index contributed by atoms with van der Waals surface area (Å²) in [5, 5.41) is 9.89. The number of nitrogens with zero attached hydrogens (tertiary/aromatic N) is 2. The van der Waals surface area contributed by atoms with Gasteiger partial charge in [0, 0.05) is 55.1 Å². The zero-order valence-electron chi connectivity index (χ0n) is 25.6. The number of aliphatic hydroxyl groups is 1. The number of allylic oxidation sites excluding steroid dienone is 1. The van der Waals surface area contributed by atoms with E-state index >= 15 is 0 Å². The summed E-state index contributed by atoms with van der Waals surface area (Å²) in [4.78, 5) is 31.5. The molecule has 0 radical (unpaired) electrons. The molecule has 1 saturated heterocycles. The average Bonchev–Trinajstić information content (AvgIpc) is 3.65. The first-order valence-corrected chi connectivity index (χ1v) is 15.8. The maximum absolute atomic E-state index is 14.0. The number of aromatic nitrogens is 2. The van der Waals surface area contributed by atoms with Crippen LogP contribution in [0.25, 0.3) is 22.0 Å². The van der Waals surface area contributed by atoms with E-state index in [0.717, 1.165) is 27.6 Å². The second-order valence-electron chi connectivity index (χ2n) is 11.4. The van der Waals surface area contributed by atoms with E-state index in [0.29, 0.717) is 58.8 Å². The fraction of sp³-hybridized carbons (Fsp3) is 0.471. The number of imidazole rings is 1. The molecule has 1 amide bonds. The molecule has 6 rings (SSSR count). The van der Waals surface area contributed by atoms with Gasteiger partial charge in [-0.3, -0.25) is 9.36 Å². The number of amides is 1. The lowest BCUT2D eigenvalue weighted by molar-refractivity contribution is -0.172. The first-order chi connectivity index (χ1) is 22.1. The summed E-state index contributed by atoms with van der Waals surface area (Å²) in [6.07, 6.45) is 4.97. The first-order valence-electron chi connectivity index (χ1n) is 15.8. The van der Waals surface area contributed by atoms with Crippen LogP contribution in [0.5, 0.6) is 0 Å². The molecular weight excluding hydrogens is 578 g/mol. The van der Waals surface area contributed by atoms with Gasteiger partial charge in [-0.1, -0.05) is 30.3 Å². The Hall–Kier alpha value is -3.90. The zero-order valence-corrected chi connectivity index (χ0v) is 25.6. The van der Waals surface area contributed by atoms with Crippen LogP contribution in [-0.2, 0) is 23.7 Å². The fourth-order valence-electron chi connectivity index (χ4n) is 6.57. The van der Waals surface area contributed by atoms with Gasteiger partial charge in [0.25, 0.3) is 5.91 Å². The summed E-state index contributed by atoms with van der Waals surface area (Å²) < 4.78 is 31.3. The molecule has 2 aromatic heterocycles. The highest BCUT2D eigenvalue weighted by molar-refractivity contribution is 5.92. The lowest BCUT2D eigenvalue weighted by Gasteiger charge is -2.39. The number of rotatable bonds is 13. The van der Waals surface area contributed by atoms with Crippen molar-refractivity contribution in [2.24, 2.45) is 5.92 Å². The molecule has 0 unspecified atom stereocenters. The third-order valence-electron chi connectivity index (χ3n) is 8.74. The van der Waals surface area contributed by atoms with Crippen LogP contribution in [0.4, 0.5) is 0 Å². The number of hydrogen-bond acceptors (Lipinski definition) is 8. The van der Waals surface area contributed by atoms with Gasteiger partial charge >= 0.3 is 5.69 Å². The Kier molecular flexibility index (Phi) is 10.00. The van der Waals surface area contributed by atoms with E-state index in [1.807, 2.05) is 71.0 Å². The molecule has 4 heterocycles. The highest BCUT2D eigenvalue weighted by Crippen LogP contribution is 2.42. The number of furan rings is 1. The van der Waals surface area contributed by atoms with E-state index < -0.39 is 6.29 Å². The van der Waals surface area contributed by atoms with Crippen molar-refractivity contribution in [2.45, 2.75) is 44.4 Å². The molecule has 2 aliphatic rings. The largest absolute Gasteiger partial charge is 0.464 e. The summed E-state index contributed by atoms with van der Waals surface area (Å²) >= 11 is 0. The molecule has 0 bridgehead atoms. The van der Waals surface area contributed by atoms with Crippen molar-refractivity contribution >= 4 is 27.9 Å². The Balaban J connectivity index is 1.21. The standard InChI is InChI=1S/C34H41N3O8/c1-2-43-33-25(13-17-41-19-20-42-18-16-38)26(27-22-44-30-10-6-3-7-24(27)30)21-31(45-33)32(39)36-14-11-23(12-15-36)37-29-9-5-4-8-28(29)35-34(37)40/h3-10,21-23,25-26,33,38H,2,11-20H2,1H3,(H,35,40)/t25-,26-,33+/m1/s1. The number of carbonyl (C=O) groups excluding carboxylic acids is 1. The number of nitrogens with one attached hydrogen (secondary N) is 1. The van der Waals surface area contributed by atoms with Gasteiger partial charge in [0.1, 0.15) is 5.58 Å². The van der Waals surface area contributed by atoms with Crippen molar-refractivity contribution in [1.29, 1.82) is 0 Å². The number of benzene rings is 2. The van der Waals surface area contributed by atoms with E-state index in [-0.39, 0.29) is 48.4 Å². The van der Waals surface area contributed by atoms with Gasteiger partial charge in [-0.05, 0) is 50.5 Å². The van der Waals surface area contributed by atoms with Crippen LogP contribution >= 0.6 is 0 Å². The Labute approximate surface area is 261 Å². The average molecular weight is 620 g/mol. The van der Waals surface area contributed by atoms with E-state index in [1.165, 1.54) is 0 Å². The fourth-order valence-corrected chi connectivity index (χ4v) is 6.57. The molecule has 2 N–H and O–H groups in total. The highest BCUT2D eigenvalue weighted by atomic mass is 16.7. The van der Waals surface area contributed by atoms with Gasteiger partial charge in [-0.15, -0.1) is 0 Å². The van der Waals surface area contributed by atoms with Crippen molar-refractivity contribution in [3.8, 4) is 0 Å². The molecule has 240 valence electrons. The predicted molar refractivity (Wildman–Crippen MR) is 168 cm³/mol. The quantitative estimate of drug-likeness (QED) is 0.212. The minimum atomic E-state index is -0.658. The Bertz CT molecular complexity index is 1660. The third-order valence-corrected chi connectivity index (χ3v) is 8.74. The second-order valence-corrected chi connectivity index (χ2v) is 11.4. The Morgan fingerprint density at radius 2 is 1.78 bits per heavy atom. The van der Waals surface area contributed by atoms with Crippen LogP contribution < -0.4 is 5.69 Å². The molecule has 3 atom stereocenters. The van der Waals surface area contributed by atoms with Crippen molar-refractivity contribution in [2.75, 3.05) is 52.7 Å². The summed E-state index contributed by atoms with van der Waals surface area (Å²) in [6.45, 7) is 4.85. The molecule has 11 nitrogen and oxygen atoms in total. The van der Waals surface area contributed by atoms with Crippen molar-refractivity contribution in [1.82, 2.24) is 14.5 Å². The molecule has 0 spiro atoms. The Morgan fingerprint density at radius 1 is 1.02 bits per heavy atom. The summed E-state index contributed by atoms with van der Waals surface area (Å²) in [5.74, 6) is -0.270. The van der Waals surface area contributed by atoms with Gasteiger partial charge in [0.05, 0.1) is 43.7 Å². The lowest BCUT2D eigenvalue weighted by Crippen LogP contribution is -2.44. The monoisotopic (exact) mass is 619 g/mol. The molecule has 45 heavy (non-hydrogen) atoms. The number of carbonyl (C=O) groups is 1. The molecule has 0 saturated carbocycles. The minimum absolute atomic E-state index is 0.00131. The zero-order chi connectivity index (χ0) is 31.2. The summed E-state index contributed by atoms with van der Waals surface area (Å²) in [6, 6.07) is 15.6. The lowest BCUT2D eigenvalue weighted by atomic mass is 9.81. The Morgan fingerprint density at radius 3 is 2.58 bits per heavy atom. The number of piperidine rings is 1. The number of para-hydroxylation sites is 3. The number of H-pyrrole nitrogens is 1. The highest BCUT2D eigenvalue weighted by Gasteiger charge is 2.40. The number of likely N-dealkylation sites (tertiary alicyclic amines) is 1. The molecule has 1 fully saturated rings.